The Balaban J connectivity index is 2.25. The molecule has 2 rings (SSSR count). The Hall–Kier alpha value is -0.530. The molecule has 1 aliphatic rings. The summed E-state index contributed by atoms with van der Waals surface area (Å²) in [6.07, 6.45) is 4.82. The van der Waals surface area contributed by atoms with E-state index in [1.807, 2.05) is 6.07 Å². The molecule has 0 heterocycles. The highest BCUT2D eigenvalue weighted by Crippen LogP contribution is 2.46. The Labute approximate surface area is 122 Å². The smallest absolute Gasteiger partial charge is 0.0409 e. The Morgan fingerprint density at radius 2 is 2.11 bits per heavy atom. The van der Waals surface area contributed by atoms with Crippen molar-refractivity contribution >= 4 is 11.6 Å². The lowest BCUT2D eigenvalue weighted by atomic mass is 9.84. The lowest BCUT2D eigenvalue weighted by molar-refractivity contribution is 0.240. The van der Waals surface area contributed by atoms with E-state index in [4.69, 9.17) is 11.6 Å². The van der Waals surface area contributed by atoms with Gasteiger partial charge in [0.05, 0.1) is 0 Å². The molecule has 0 radical (unpaired) electrons. The first-order valence-electron chi connectivity index (χ1n) is 7.52. The van der Waals surface area contributed by atoms with E-state index in [1.54, 1.807) is 0 Å². The average Bonchev–Trinajstić information content (AvgIpc) is 2.60. The molecule has 2 heteroatoms. The monoisotopic (exact) mass is 279 g/mol. The summed E-state index contributed by atoms with van der Waals surface area (Å²) in [6.45, 7) is 9.25. The van der Waals surface area contributed by atoms with E-state index >= 15 is 0 Å². The van der Waals surface area contributed by atoms with E-state index in [1.165, 1.54) is 30.4 Å². The van der Waals surface area contributed by atoms with Gasteiger partial charge in [-0.25, -0.2) is 0 Å². The molecule has 0 amide bonds. The van der Waals surface area contributed by atoms with Crippen LogP contribution in [-0.4, -0.2) is 6.04 Å². The number of fused-ring (bicyclic) bond motifs is 1. The second-order valence-corrected chi connectivity index (χ2v) is 6.94. The molecule has 0 spiro atoms. The normalized spacial score (nSPS) is 22.3. The average molecular weight is 280 g/mol. The van der Waals surface area contributed by atoms with Crippen LogP contribution in [-0.2, 0) is 6.42 Å². The van der Waals surface area contributed by atoms with Crippen LogP contribution in [0.2, 0.25) is 5.02 Å². The van der Waals surface area contributed by atoms with Crippen molar-refractivity contribution < 1.29 is 0 Å². The van der Waals surface area contributed by atoms with Gasteiger partial charge in [-0.15, -0.1) is 0 Å². The van der Waals surface area contributed by atoms with E-state index in [0.717, 1.165) is 11.4 Å². The summed E-state index contributed by atoms with van der Waals surface area (Å²) in [5, 5.41) is 4.74. The predicted molar refractivity (Wildman–Crippen MR) is 83.8 cm³/mol. The number of halogens is 1. The second kappa shape index (κ2) is 5.85. The van der Waals surface area contributed by atoms with Gasteiger partial charge in [-0.05, 0) is 47.9 Å². The van der Waals surface area contributed by atoms with Gasteiger partial charge >= 0.3 is 0 Å². The maximum absolute atomic E-state index is 6.19. The fourth-order valence-electron chi connectivity index (χ4n) is 3.31. The first-order chi connectivity index (χ1) is 8.97. The van der Waals surface area contributed by atoms with E-state index in [9.17, 15) is 0 Å². The van der Waals surface area contributed by atoms with Crippen LogP contribution in [0.15, 0.2) is 18.2 Å². The fraction of sp³-hybridized carbons (Fsp3) is 0.647. The van der Waals surface area contributed by atoms with Gasteiger partial charge in [0.1, 0.15) is 0 Å². The summed E-state index contributed by atoms with van der Waals surface area (Å²) < 4.78 is 0. The highest BCUT2D eigenvalue weighted by atomic mass is 35.5. The first kappa shape index (κ1) is 14.9. The van der Waals surface area contributed by atoms with Gasteiger partial charge < -0.3 is 5.32 Å². The number of rotatable bonds is 5. The third-order valence-electron chi connectivity index (χ3n) is 4.38. The van der Waals surface area contributed by atoms with Crippen LogP contribution < -0.4 is 5.32 Å². The summed E-state index contributed by atoms with van der Waals surface area (Å²) in [4.78, 5) is 0. The zero-order chi connectivity index (χ0) is 14.0. The Bertz CT molecular complexity index is 439. The molecule has 2 atom stereocenters. The molecule has 1 aromatic carbocycles. The molecule has 1 nitrogen and oxygen atoms in total. The summed E-state index contributed by atoms with van der Waals surface area (Å²) >= 11 is 6.19. The van der Waals surface area contributed by atoms with Gasteiger partial charge in [0, 0.05) is 17.1 Å². The SMILES string of the molecule is CCCC(CC)NC1c2cc(Cl)ccc2CC1(C)C. The minimum absolute atomic E-state index is 0.272. The van der Waals surface area contributed by atoms with Crippen LogP contribution >= 0.6 is 11.6 Å². The number of nitrogens with one attached hydrogen (secondary N) is 1. The van der Waals surface area contributed by atoms with E-state index in [0.29, 0.717) is 12.1 Å². The molecule has 1 aliphatic carbocycles. The van der Waals surface area contributed by atoms with Crippen molar-refractivity contribution in [2.24, 2.45) is 5.41 Å². The van der Waals surface area contributed by atoms with Gasteiger partial charge in [0.25, 0.3) is 0 Å². The van der Waals surface area contributed by atoms with Crippen LogP contribution in [0.5, 0.6) is 0 Å². The lowest BCUT2D eigenvalue weighted by Gasteiger charge is -2.32. The second-order valence-electron chi connectivity index (χ2n) is 6.50. The summed E-state index contributed by atoms with van der Waals surface area (Å²) in [5.41, 5.74) is 3.14. The standard InChI is InChI=1S/C17H26ClN/c1-5-7-14(6-2)19-16-15-10-13(18)9-8-12(15)11-17(16,3)4/h8-10,14,16,19H,5-7,11H2,1-4H3. The van der Waals surface area contributed by atoms with Crippen LogP contribution in [0.25, 0.3) is 0 Å². The zero-order valence-corrected chi connectivity index (χ0v) is 13.3. The van der Waals surface area contributed by atoms with Crippen LogP contribution in [0.3, 0.4) is 0 Å². The Kier molecular flexibility index (Phi) is 4.58. The molecule has 1 aromatic rings. The maximum atomic E-state index is 6.19. The molecule has 0 bridgehead atoms. The van der Waals surface area contributed by atoms with E-state index in [2.05, 4.69) is 45.1 Å². The quantitative estimate of drug-likeness (QED) is 0.788. The molecule has 19 heavy (non-hydrogen) atoms. The Morgan fingerprint density at radius 1 is 1.37 bits per heavy atom. The van der Waals surface area contributed by atoms with E-state index in [-0.39, 0.29) is 5.41 Å². The van der Waals surface area contributed by atoms with Gasteiger partial charge in [0.2, 0.25) is 0 Å². The summed E-state index contributed by atoms with van der Waals surface area (Å²) in [6, 6.07) is 7.41. The lowest BCUT2D eigenvalue weighted by Crippen LogP contribution is -2.38. The maximum Gasteiger partial charge on any atom is 0.0409 e. The van der Waals surface area contributed by atoms with Crippen molar-refractivity contribution in [1.29, 1.82) is 0 Å². The zero-order valence-electron chi connectivity index (χ0n) is 12.6. The minimum atomic E-state index is 0.272. The number of hydrogen-bond donors (Lipinski definition) is 1. The molecule has 0 aliphatic heterocycles. The van der Waals surface area contributed by atoms with Crippen molar-refractivity contribution in [2.75, 3.05) is 0 Å². The largest absolute Gasteiger partial charge is 0.307 e. The third-order valence-corrected chi connectivity index (χ3v) is 4.61. The first-order valence-corrected chi connectivity index (χ1v) is 7.90. The van der Waals surface area contributed by atoms with Gasteiger partial charge in [-0.3, -0.25) is 0 Å². The molecule has 1 N–H and O–H groups in total. The van der Waals surface area contributed by atoms with Gasteiger partial charge in [-0.1, -0.05) is 51.8 Å². The highest BCUT2D eigenvalue weighted by Gasteiger charge is 2.39. The summed E-state index contributed by atoms with van der Waals surface area (Å²) in [7, 11) is 0. The van der Waals surface area contributed by atoms with E-state index < -0.39 is 0 Å². The highest BCUT2D eigenvalue weighted by molar-refractivity contribution is 6.30. The van der Waals surface area contributed by atoms with Gasteiger partial charge in [-0.2, -0.15) is 0 Å². The van der Waals surface area contributed by atoms with Crippen molar-refractivity contribution in [1.82, 2.24) is 5.32 Å². The molecular formula is C17H26ClN. The number of hydrogen-bond acceptors (Lipinski definition) is 1. The third kappa shape index (κ3) is 3.14. The van der Waals surface area contributed by atoms with Gasteiger partial charge in [0.15, 0.2) is 0 Å². The predicted octanol–water partition coefficient (Wildman–Crippen LogP) is 5.13. The molecule has 106 valence electrons. The molecule has 0 saturated heterocycles. The molecular weight excluding hydrogens is 254 g/mol. The van der Waals surface area contributed by atoms with Crippen molar-refractivity contribution in [2.45, 2.75) is 65.5 Å². The summed E-state index contributed by atoms with van der Waals surface area (Å²) in [5.74, 6) is 0. The van der Waals surface area contributed by atoms with Crippen LogP contribution in [0.4, 0.5) is 0 Å². The van der Waals surface area contributed by atoms with Crippen molar-refractivity contribution in [3.8, 4) is 0 Å². The molecule has 0 saturated carbocycles. The molecule has 0 fully saturated rings. The minimum Gasteiger partial charge on any atom is -0.307 e. The Morgan fingerprint density at radius 3 is 2.74 bits per heavy atom. The number of benzene rings is 1. The fourth-order valence-corrected chi connectivity index (χ4v) is 3.49. The van der Waals surface area contributed by atoms with Crippen molar-refractivity contribution in [3.63, 3.8) is 0 Å². The van der Waals surface area contributed by atoms with Crippen LogP contribution in [0, 0.1) is 5.41 Å². The van der Waals surface area contributed by atoms with Crippen molar-refractivity contribution in [3.05, 3.63) is 34.3 Å². The molecule has 2 unspecified atom stereocenters. The topological polar surface area (TPSA) is 12.0 Å². The van der Waals surface area contributed by atoms with Crippen LogP contribution in [0.1, 0.15) is 64.1 Å². The molecule has 0 aromatic heterocycles.